The van der Waals surface area contributed by atoms with Gasteiger partial charge in [0.25, 0.3) is 0 Å². The smallest absolute Gasteiger partial charge is 0.171 e. The zero-order valence-electron chi connectivity index (χ0n) is 13.0. The highest BCUT2D eigenvalue weighted by atomic mass is 79.9. The van der Waals surface area contributed by atoms with E-state index in [9.17, 15) is 0 Å². The molecule has 21 heavy (non-hydrogen) atoms. The lowest BCUT2D eigenvalue weighted by Crippen LogP contribution is -2.07. The van der Waals surface area contributed by atoms with Gasteiger partial charge < -0.3 is 5.32 Å². The molecule has 2 aromatic rings. The Morgan fingerprint density at radius 2 is 2.00 bits per heavy atom. The molecule has 0 aromatic carbocycles. The largest absolute Gasteiger partial charge is 0.369 e. The third-order valence-electron chi connectivity index (χ3n) is 3.10. The molecule has 0 saturated carbocycles. The van der Waals surface area contributed by atoms with E-state index < -0.39 is 0 Å². The van der Waals surface area contributed by atoms with Crippen LogP contribution in [0.15, 0.2) is 16.6 Å². The molecule has 0 aliphatic heterocycles. The average Bonchev–Trinajstić information content (AvgIpc) is 2.91. The molecule has 0 aliphatic rings. The minimum absolute atomic E-state index is 0.563. The van der Waals surface area contributed by atoms with E-state index >= 15 is 0 Å². The quantitative estimate of drug-likeness (QED) is 0.765. The normalized spacial score (nSPS) is 11.1. The van der Waals surface area contributed by atoms with Crippen LogP contribution in [0.1, 0.15) is 38.3 Å². The van der Waals surface area contributed by atoms with Gasteiger partial charge in [-0.05, 0) is 53.7 Å². The van der Waals surface area contributed by atoms with Crippen molar-refractivity contribution in [1.82, 2.24) is 9.97 Å². The molecule has 5 heteroatoms. The Labute approximate surface area is 139 Å². The topological polar surface area (TPSA) is 37.8 Å². The van der Waals surface area contributed by atoms with Gasteiger partial charge in [0.05, 0.1) is 15.0 Å². The SMILES string of the molecule is CCNc1nc(-c2ccc(CC)s2)nc(CC(C)C)c1Br. The zero-order chi connectivity index (χ0) is 15.4. The number of nitrogens with zero attached hydrogens (tertiary/aromatic N) is 2. The molecule has 0 amide bonds. The van der Waals surface area contributed by atoms with Crippen LogP contribution in [0.5, 0.6) is 0 Å². The average molecular weight is 368 g/mol. The molecule has 0 atom stereocenters. The summed E-state index contributed by atoms with van der Waals surface area (Å²) in [6.45, 7) is 9.52. The van der Waals surface area contributed by atoms with Crippen LogP contribution >= 0.6 is 27.3 Å². The van der Waals surface area contributed by atoms with Gasteiger partial charge in [0, 0.05) is 11.4 Å². The summed E-state index contributed by atoms with van der Waals surface area (Å²) < 4.78 is 0.995. The molecular weight excluding hydrogens is 346 g/mol. The standard InChI is InChI=1S/C16H22BrN3S/c1-5-11-7-8-13(21-11)15-19-12(9-10(3)4)14(17)16(20-15)18-6-2/h7-8,10H,5-6,9H2,1-4H3,(H,18,19,20). The summed E-state index contributed by atoms with van der Waals surface area (Å²) in [7, 11) is 0. The van der Waals surface area contributed by atoms with E-state index in [0.29, 0.717) is 5.92 Å². The maximum atomic E-state index is 4.79. The highest BCUT2D eigenvalue weighted by Crippen LogP contribution is 2.31. The zero-order valence-corrected chi connectivity index (χ0v) is 15.4. The highest BCUT2D eigenvalue weighted by Gasteiger charge is 2.15. The molecule has 0 spiro atoms. The summed E-state index contributed by atoms with van der Waals surface area (Å²) >= 11 is 5.43. The lowest BCUT2D eigenvalue weighted by atomic mass is 10.1. The van der Waals surface area contributed by atoms with Crippen LogP contribution in [0.4, 0.5) is 5.82 Å². The maximum Gasteiger partial charge on any atom is 0.171 e. The van der Waals surface area contributed by atoms with Crippen LogP contribution in [0.2, 0.25) is 0 Å². The van der Waals surface area contributed by atoms with Gasteiger partial charge in [0.2, 0.25) is 0 Å². The van der Waals surface area contributed by atoms with Gasteiger partial charge in [-0.3, -0.25) is 0 Å². The molecular formula is C16H22BrN3S. The molecule has 2 heterocycles. The Kier molecular flexibility index (Phi) is 5.76. The minimum Gasteiger partial charge on any atom is -0.369 e. The fraction of sp³-hybridized carbons (Fsp3) is 0.500. The second-order valence-corrected chi connectivity index (χ2v) is 7.37. The first kappa shape index (κ1) is 16.4. The number of thiophene rings is 1. The second-order valence-electron chi connectivity index (χ2n) is 5.40. The Morgan fingerprint density at radius 3 is 2.57 bits per heavy atom. The lowest BCUT2D eigenvalue weighted by Gasteiger charge is -2.13. The monoisotopic (exact) mass is 367 g/mol. The first-order valence-corrected chi connectivity index (χ1v) is 9.05. The van der Waals surface area contributed by atoms with Crippen LogP contribution < -0.4 is 5.32 Å². The van der Waals surface area contributed by atoms with E-state index in [1.165, 1.54) is 4.88 Å². The van der Waals surface area contributed by atoms with Crippen molar-refractivity contribution in [2.75, 3.05) is 11.9 Å². The highest BCUT2D eigenvalue weighted by molar-refractivity contribution is 9.10. The lowest BCUT2D eigenvalue weighted by molar-refractivity contribution is 0.632. The van der Waals surface area contributed by atoms with Crippen molar-refractivity contribution >= 4 is 33.1 Å². The molecule has 2 aromatic heterocycles. The molecule has 2 rings (SSSR count). The third kappa shape index (κ3) is 4.04. The summed E-state index contributed by atoms with van der Waals surface area (Å²) in [5.74, 6) is 2.28. The van der Waals surface area contributed by atoms with Crippen molar-refractivity contribution in [3.8, 4) is 10.7 Å². The van der Waals surface area contributed by atoms with Gasteiger partial charge in [-0.25, -0.2) is 9.97 Å². The number of hydrogen-bond acceptors (Lipinski definition) is 4. The van der Waals surface area contributed by atoms with Crippen molar-refractivity contribution < 1.29 is 0 Å². The third-order valence-corrected chi connectivity index (χ3v) is 5.15. The van der Waals surface area contributed by atoms with Crippen LogP contribution in [0.25, 0.3) is 10.7 Å². The van der Waals surface area contributed by atoms with E-state index in [1.54, 1.807) is 11.3 Å². The molecule has 0 radical (unpaired) electrons. The molecule has 0 aliphatic carbocycles. The molecule has 0 fully saturated rings. The van der Waals surface area contributed by atoms with E-state index in [1.807, 2.05) is 0 Å². The first-order valence-electron chi connectivity index (χ1n) is 7.44. The maximum absolute atomic E-state index is 4.79. The van der Waals surface area contributed by atoms with Crippen molar-refractivity contribution in [2.45, 2.75) is 40.5 Å². The Morgan fingerprint density at radius 1 is 1.24 bits per heavy atom. The molecule has 3 nitrogen and oxygen atoms in total. The Bertz CT molecular complexity index is 608. The second kappa shape index (κ2) is 7.36. The minimum atomic E-state index is 0.563. The van der Waals surface area contributed by atoms with Crippen molar-refractivity contribution in [3.63, 3.8) is 0 Å². The summed E-state index contributed by atoms with van der Waals surface area (Å²) in [6.07, 6.45) is 2.00. The van der Waals surface area contributed by atoms with Crippen LogP contribution in [-0.2, 0) is 12.8 Å². The van der Waals surface area contributed by atoms with Crippen LogP contribution in [0.3, 0.4) is 0 Å². The van der Waals surface area contributed by atoms with E-state index in [4.69, 9.17) is 4.98 Å². The van der Waals surface area contributed by atoms with Crippen LogP contribution in [-0.4, -0.2) is 16.5 Å². The number of aromatic nitrogens is 2. The molecule has 114 valence electrons. The predicted molar refractivity (Wildman–Crippen MR) is 95.1 cm³/mol. The number of anilines is 1. The van der Waals surface area contributed by atoms with Gasteiger partial charge in [-0.2, -0.15) is 0 Å². The summed E-state index contributed by atoms with van der Waals surface area (Å²) in [4.78, 5) is 12.0. The number of rotatable bonds is 6. The van der Waals surface area contributed by atoms with Gasteiger partial charge in [0.1, 0.15) is 5.82 Å². The molecule has 0 saturated heterocycles. The van der Waals surface area contributed by atoms with Gasteiger partial charge >= 0.3 is 0 Å². The number of hydrogen-bond donors (Lipinski definition) is 1. The Balaban J connectivity index is 2.47. The Hall–Kier alpha value is -0.940. The van der Waals surface area contributed by atoms with Gasteiger partial charge in [-0.1, -0.05) is 20.8 Å². The molecule has 1 N–H and O–H groups in total. The number of halogens is 1. The predicted octanol–water partition coefficient (Wildman–Crippen LogP) is 5.16. The fourth-order valence-corrected chi connectivity index (χ4v) is 3.46. The van der Waals surface area contributed by atoms with Gasteiger partial charge in [-0.15, -0.1) is 11.3 Å². The van der Waals surface area contributed by atoms with Gasteiger partial charge in [0.15, 0.2) is 5.82 Å². The van der Waals surface area contributed by atoms with Crippen molar-refractivity contribution in [2.24, 2.45) is 5.92 Å². The summed E-state index contributed by atoms with van der Waals surface area (Å²) in [5.41, 5.74) is 1.08. The van der Waals surface area contributed by atoms with E-state index in [2.05, 4.69) is 66.1 Å². The summed E-state index contributed by atoms with van der Waals surface area (Å²) in [5, 5.41) is 3.33. The first-order chi connectivity index (χ1) is 10.0. The molecule has 0 unspecified atom stereocenters. The number of nitrogens with one attached hydrogen (secondary N) is 1. The van der Waals surface area contributed by atoms with E-state index in [-0.39, 0.29) is 0 Å². The fourth-order valence-electron chi connectivity index (χ4n) is 2.10. The summed E-state index contributed by atoms with van der Waals surface area (Å²) in [6, 6.07) is 4.29. The van der Waals surface area contributed by atoms with E-state index in [0.717, 1.165) is 46.1 Å². The van der Waals surface area contributed by atoms with Crippen molar-refractivity contribution in [1.29, 1.82) is 0 Å². The van der Waals surface area contributed by atoms with Crippen molar-refractivity contribution in [3.05, 3.63) is 27.2 Å². The molecule has 0 bridgehead atoms. The van der Waals surface area contributed by atoms with Crippen LogP contribution in [0, 0.1) is 5.92 Å². The number of aryl methyl sites for hydroxylation is 1.